The Balaban J connectivity index is 1.72. The number of rotatable bonds is 3. The third-order valence-electron chi connectivity index (χ3n) is 4.48. The van der Waals surface area contributed by atoms with E-state index in [1.807, 2.05) is 24.3 Å². The third kappa shape index (κ3) is 3.29. The molecule has 2 heterocycles. The van der Waals surface area contributed by atoms with Gasteiger partial charge in [-0.25, -0.2) is 4.98 Å². The van der Waals surface area contributed by atoms with Crippen molar-refractivity contribution >= 4 is 28.6 Å². The van der Waals surface area contributed by atoms with Gasteiger partial charge in [-0.05, 0) is 43.2 Å². The number of aliphatic imine (C=N–C) groups is 1. The Hall–Kier alpha value is -2.83. The second-order valence-electron chi connectivity index (χ2n) is 6.29. The van der Waals surface area contributed by atoms with Crippen LogP contribution in [0.1, 0.15) is 24.2 Å². The summed E-state index contributed by atoms with van der Waals surface area (Å²) in [6.07, 6.45) is -0.844. The van der Waals surface area contributed by atoms with Crippen LogP contribution in [0, 0.1) is 0 Å². The molecule has 4 rings (SSSR count). The summed E-state index contributed by atoms with van der Waals surface area (Å²) in [6.45, 7) is 1.66. The molecule has 0 atom stereocenters. The summed E-state index contributed by atoms with van der Waals surface area (Å²) in [7, 11) is 0. The van der Waals surface area contributed by atoms with Crippen molar-refractivity contribution in [1.82, 2.24) is 9.97 Å². The standard InChI is InChI=1S/C19H17F3N4/c20-19(21,22)13-7-8-17(26-9-3-4-10-26)16(11-13)23-12-18-24-14-5-1-2-6-15(14)25-18/h1-2,5-8,11-12H,3-4,9-10H2,(H,24,25). The van der Waals surface area contributed by atoms with E-state index in [9.17, 15) is 13.2 Å². The molecule has 2 aromatic carbocycles. The number of nitrogens with one attached hydrogen (secondary N) is 1. The van der Waals surface area contributed by atoms with Crippen LogP contribution in [0.4, 0.5) is 24.5 Å². The number of benzene rings is 2. The van der Waals surface area contributed by atoms with Crippen LogP contribution in [-0.4, -0.2) is 29.3 Å². The van der Waals surface area contributed by atoms with Crippen molar-refractivity contribution in [1.29, 1.82) is 0 Å². The molecule has 0 spiro atoms. The van der Waals surface area contributed by atoms with Crippen LogP contribution in [-0.2, 0) is 6.18 Å². The van der Waals surface area contributed by atoms with Crippen molar-refractivity contribution in [2.45, 2.75) is 19.0 Å². The molecule has 26 heavy (non-hydrogen) atoms. The van der Waals surface area contributed by atoms with Gasteiger partial charge < -0.3 is 9.88 Å². The quantitative estimate of drug-likeness (QED) is 0.675. The van der Waals surface area contributed by atoms with E-state index in [0.29, 0.717) is 11.5 Å². The van der Waals surface area contributed by atoms with Crippen LogP contribution in [0.25, 0.3) is 11.0 Å². The number of imidazole rings is 1. The normalized spacial score (nSPS) is 15.4. The lowest BCUT2D eigenvalue weighted by atomic mass is 10.1. The maximum atomic E-state index is 13.1. The van der Waals surface area contributed by atoms with E-state index in [-0.39, 0.29) is 0 Å². The van der Waals surface area contributed by atoms with E-state index in [2.05, 4.69) is 19.9 Å². The molecule has 4 nitrogen and oxygen atoms in total. The lowest BCUT2D eigenvalue weighted by Crippen LogP contribution is -2.18. The number of alkyl halides is 3. The second-order valence-corrected chi connectivity index (χ2v) is 6.29. The van der Waals surface area contributed by atoms with Crippen LogP contribution in [0.5, 0.6) is 0 Å². The SMILES string of the molecule is FC(F)(F)c1ccc(N2CCCC2)c(N=Cc2nc3ccccc3[nH]2)c1. The largest absolute Gasteiger partial charge is 0.416 e. The van der Waals surface area contributed by atoms with Gasteiger partial charge in [0.25, 0.3) is 0 Å². The van der Waals surface area contributed by atoms with E-state index in [1.165, 1.54) is 12.3 Å². The highest BCUT2D eigenvalue weighted by atomic mass is 19.4. The van der Waals surface area contributed by atoms with Crippen molar-refractivity contribution < 1.29 is 13.2 Å². The molecule has 0 bridgehead atoms. The van der Waals surface area contributed by atoms with Gasteiger partial charge in [0.1, 0.15) is 5.82 Å². The summed E-state index contributed by atoms with van der Waals surface area (Å²) < 4.78 is 39.3. The molecule has 1 aliphatic heterocycles. The van der Waals surface area contributed by atoms with Crippen molar-refractivity contribution in [2.75, 3.05) is 18.0 Å². The fraction of sp³-hybridized carbons (Fsp3) is 0.263. The van der Waals surface area contributed by atoms with E-state index in [1.54, 1.807) is 0 Å². The molecule has 0 unspecified atom stereocenters. The van der Waals surface area contributed by atoms with Crippen LogP contribution in [0.3, 0.4) is 0 Å². The molecule has 1 aliphatic rings. The van der Waals surface area contributed by atoms with Crippen molar-refractivity contribution in [3.05, 3.63) is 53.9 Å². The second kappa shape index (κ2) is 6.48. The summed E-state index contributed by atoms with van der Waals surface area (Å²) in [5.74, 6) is 0.510. The highest BCUT2D eigenvalue weighted by molar-refractivity contribution is 5.86. The van der Waals surface area contributed by atoms with E-state index in [4.69, 9.17) is 0 Å². The number of hydrogen-bond acceptors (Lipinski definition) is 3. The summed E-state index contributed by atoms with van der Waals surface area (Å²) >= 11 is 0. The molecule has 7 heteroatoms. The van der Waals surface area contributed by atoms with E-state index < -0.39 is 11.7 Å². The lowest BCUT2D eigenvalue weighted by Gasteiger charge is -2.20. The predicted octanol–water partition coefficient (Wildman–Crippen LogP) is 4.93. The first-order valence-corrected chi connectivity index (χ1v) is 8.46. The molecular weight excluding hydrogens is 341 g/mol. The molecule has 0 saturated carbocycles. The maximum Gasteiger partial charge on any atom is 0.416 e. The highest BCUT2D eigenvalue weighted by Gasteiger charge is 2.31. The Kier molecular flexibility index (Phi) is 4.14. The van der Waals surface area contributed by atoms with Gasteiger partial charge in [-0.1, -0.05) is 12.1 Å². The van der Waals surface area contributed by atoms with Crippen LogP contribution < -0.4 is 4.90 Å². The molecular formula is C19H17F3N4. The lowest BCUT2D eigenvalue weighted by molar-refractivity contribution is -0.137. The Labute approximate surface area is 148 Å². The topological polar surface area (TPSA) is 44.3 Å². The first-order valence-electron chi connectivity index (χ1n) is 8.46. The average Bonchev–Trinajstić information content (AvgIpc) is 3.28. The molecule has 3 aromatic rings. The molecule has 0 amide bonds. The first-order chi connectivity index (χ1) is 12.5. The van der Waals surface area contributed by atoms with Gasteiger partial charge in [0.15, 0.2) is 0 Å². The van der Waals surface area contributed by atoms with Gasteiger partial charge in [-0.3, -0.25) is 4.99 Å². The minimum Gasteiger partial charge on any atom is -0.370 e. The minimum absolute atomic E-state index is 0.308. The van der Waals surface area contributed by atoms with E-state index in [0.717, 1.165) is 54.8 Å². The Morgan fingerprint density at radius 2 is 1.85 bits per heavy atom. The molecule has 0 radical (unpaired) electrons. The number of anilines is 1. The Morgan fingerprint density at radius 3 is 2.58 bits per heavy atom. The van der Waals surface area contributed by atoms with Crippen LogP contribution >= 0.6 is 0 Å². The minimum atomic E-state index is -4.40. The Bertz CT molecular complexity index is 920. The molecule has 1 N–H and O–H groups in total. The number of para-hydroxylation sites is 2. The zero-order chi connectivity index (χ0) is 18.1. The van der Waals surface area contributed by atoms with Gasteiger partial charge in [-0.15, -0.1) is 0 Å². The van der Waals surface area contributed by atoms with Crippen LogP contribution in [0.2, 0.25) is 0 Å². The Morgan fingerprint density at radius 1 is 1.08 bits per heavy atom. The number of hydrogen-bond donors (Lipinski definition) is 1. The fourth-order valence-corrected chi connectivity index (χ4v) is 3.19. The van der Waals surface area contributed by atoms with E-state index >= 15 is 0 Å². The molecule has 1 saturated heterocycles. The zero-order valence-electron chi connectivity index (χ0n) is 13.9. The zero-order valence-corrected chi connectivity index (χ0v) is 13.9. The van der Waals surface area contributed by atoms with Gasteiger partial charge >= 0.3 is 6.18 Å². The molecule has 1 aromatic heterocycles. The first kappa shape index (κ1) is 16.6. The number of nitrogens with zero attached hydrogens (tertiary/aromatic N) is 3. The fourth-order valence-electron chi connectivity index (χ4n) is 3.19. The van der Waals surface area contributed by atoms with Gasteiger partial charge in [0.2, 0.25) is 0 Å². The number of aromatic amines is 1. The summed E-state index contributed by atoms with van der Waals surface area (Å²) in [5.41, 5.74) is 1.98. The number of halogens is 3. The van der Waals surface area contributed by atoms with Crippen molar-refractivity contribution in [3.63, 3.8) is 0 Å². The van der Waals surface area contributed by atoms with Crippen LogP contribution in [0.15, 0.2) is 47.5 Å². The van der Waals surface area contributed by atoms with Gasteiger partial charge in [0.05, 0.1) is 34.2 Å². The molecule has 0 aliphatic carbocycles. The average molecular weight is 358 g/mol. The smallest absolute Gasteiger partial charge is 0.370 e. The highest BCUT2D eigenvalue weighted by Crippen LogP contribution is 2.37. The maximum absolute atomic E-state index is 13.1. The molecule has 134 valence electrons. The van der Waals surface area contributed by atoms with Crippen molar-refractivity contribution in [3.8, 4) is 0 Å². The van der Waals surface area contributed by atoms with Gasteiger partial charge in [-0.2, -0.15) is 13.2 Å². The van der Waals surface area contributed by atoms with Gasteiger partial charge in [0, 0.05) is 13.1 Å². The predicted molar refractivity (Wildman–Crippen MR) is 96.2 cm³/mol. The number of aromatic nitrogens is 2. The third-order valence-corrected chi connectivity index (χ3v) is 4.48. The summed E-state index contributed by atoms with van der Waals surface area (Å²) in [6, 6.07) is 11.3. The number of fused-ring (bicyclic) bond motifs is 1. The summed E-state index contributed by atoms with van der Waals surface area (Å²) in [4.78, 5) is 13.9. The summed E-state index contributed by atoms with van der Waals surface area (Å²) in [5, 5.41) is 0. The molecule has 1 fully saturated rings. The monoisotopic (exact) mass is 358 g/mol. The van der Waals surface area contributed by atoms with Crippen molar-refractivity contribution in [2.24, 2.45) is 4.99 Å². The number of H-pyrrole nitrogens is 1.